The van der Waals surface area contributed by atoms with Crippen LogP contribution < -0.4 is 10.5 Å². The zero-order valence-electron chi connectivity index (χ0n) is 12.6. The number of rotatable bonds is 5. The molecule has 2 aromatic carbocycles. The molecule has 3 nitrogen and oxygen atoms in total. The van der Waals surface area contributed by atoms with E-state index in [1.54, 1.807) is 0 Å². The first-order valence-electron chi connectivity index (χ1n) is 7.48. The van der Waals surface area contributed by atoms with Gasteiger partial charge in [0.05, 0.1) is 0 Å². The molecule has 0 aliphatic rings. The highest BCUT2D eigenvalue weighted by atomic mass is 16.5. The Hall–Kier alpha value is -2.52. The van der Waals surface area contributed by atoms with Crippen molar-refractivity contribution in [3.05, 3.63) is 72.4 Å². The lowest BCUT2D eigenvalue weighted by Crippen LogP contribution is -2.43. The molecule has 0 aliphatic heterocycles. The van der Waals surface area contributed by atoms with Crippen LogP contribution in [0.1, 0.15) is 18.9 Å². The van der Waals surface area contributed by atoms with Gasteiger partial charge in [0.25, 0.3) is 0 Å². The Kier molecular flexibility index (Phi) is 3.98. The lowest BCUT2D eigenvalue weighted by molar-refractivity contribution is 0.124. The van der Waals surface area contributed by atoms with Gasteiger partial charge in [0.2, 0.25) is 0 Å². The second-order valence-corrected chi connectivity index (χ2v) is 5.34. The molecule has 1 heterocycles. The van der Waals surface area contributed by atoms with Crippen molar-refractivity contribution in [2.75, 3.05) is 0 Å². The Bertz CT molecular complexity index is 776. The van der Waals surface area contributed by atoms with Crippen molar-refractivity contribution >= 4 is 17.0 Å². The molecular formula is C19H20N2O. The Labute approximate surface area is 130 Å². The summed E-state index contributed by atoms with van der Waals surface area (Å²) in [6.07, 6.45) is 6.59. The van der Waals surface area contributed by atoms with Crippen molar-refractivity contribution < 1.29 is 4.74 Å². The van der Waals surface area contributed by atoms with Crippen LogP contribution in [0.5, 0.6) is 5.75 Å². The van der Waals surface area contributed by atoms with Crippen LogP contribution in [0.4, 0.5) is 0 Å². The topological polar surface area (TPSA) is 51.0 Å². The fraction of sp³-hybridized carbons (Fsp3) is 0.158. The van der Waals surface area contributed by atoms with Crippen LogP contribution in [0.15, 0.2) is 66.9 Å². The molecule has 3 rings (SSSR count). The van der Waals surface area contributed by atoms with Crippen molar-refractivity contribution in [1.82, 2.24) is 4.98 Å². The Morgan fingerprint density at radius 3 is 2.68 bits per heavy atom. The molecule has 0 aliphatic carbocycles. The maximum atomic E-state index is 6.38. The number of benzene rings is 2. The molecule has 3 aromatic rings. The number of nitrogens with two attached hydrogens (primary N) is 1. The van der Waals surface area contributed by atoms with E-state index in [1.165, 1.54) is 5.39 Å². The first-order chi connectivity index (χ1) is 10.7. The molecule has 22 heavy (non-hydrogen) atoms. The summed E-state index contributed by atoms with van der Waals surface area (Å²) >= 11 is 0. The van der Waals surface area contributed by atoms with Gasteiger partial charge in [0.1, 0.15) is 5.75 Å². The van der Waals surface area contributed by atoms with E-state index < -0.39 is 5.72 Å². The zero-order valence-corrected chi connectivity index (χ0v) is 12.6. The maximum absolute atomic E-state index is 6.38. The van der Waals surface area contributed by atoms with Crippen LogP contribution in [0.3, 0.4) is 0 Å². The van der Waals surface area contributed by atoms with Crippen LogP contribution in [-0.2, 0) is 0 Å². The molecule has 0 fully saturated rings. The van der Waals surface area contributed by atoms with Crippen LogP contribution in [0.25, 0.3) is 17.0 Å². The van der Waals surface area contributed by atoms with E-state index in [1.807, 2.05) is 61.7 Å². The second-order valence-electron chi connectivity index (χ2n) is 5.34. The summed E-state index contributed by atoms with van der Waals surface area (Å²) in [4.78, 5) is 3.21. The summed E-state index contributed by atoms with van der Waals surface area (Å²) in [5.74, 6) is 0.774. The van der Waals surface area contributed by atoms with Gasteiger partial charge in [-0.15, -0.1) is 0 Å². The van der Waals surface area contributed by atoms with Crippen molar-refractivity contribution in [3.8, 4) is 5.75 Å². The fourth-order valence-corrected chi connectivity index (χ4v) is 2.42. The van der Waals surface area contributed by atoms with Gasteiger partial charge in [-0.1, -0.05) is 43.3 Å². The minimum Gasteiger partial charge on any atom is -0.469 e. The normalized spacial score (nSPS) is 14.3. The minimum absolute atomic E-state index is 0.682. The molecule has 112 valence electrons. The van der Waals surface area contributed by atoms with Crippen molar-refractivity contribution in [3.63, 3.8) is 0 Å². The Morgan fingerprint density at radius 2 is 1.91 bits per heavy atom. The monoisotopic (exact) mass is 292 g/mol. The maximum Gasteiger partial charge on any atom is 0.177 e. The van der Waals surface area contributed by atoms with E-state index in [4.69, 9.17) is 10.5 Å². The SMILES string of the molecule is CCC(N)(C=Cc1cccc2[nH]ccc12)Oc1ccccc1. The third-order valence-electron chi connectivity index (χ3n) is 3.78. The molecule has 3 heteroatoms. The summed E-state index contributed by atoms with van der Waals surface area (Å²) < 4.78 is 5.95. The van der Waals surface area contributed by atoms with Gasteiger partial charge in [-0.25, -0.2) is 0 Å². The van der Waals surface area contributed by atoms with E-state index >= 15 is 0 Å². The second kappa shape index (κ2) is 6.08. The van der Waals surface area contributed by atoms with Gasteiger partial charge in [0.15, 0.2) is 5.72 Å². The van der Waals surface area contributed by atoms with Gasteiger partial charge < -0.3 is 9.72 Å². The number of para-hydroxylation sites is 1. The number of ether oxygens (including phenoxy) is 1. The van der Waals surface area contributed by atoms with E-state index in [9.17, 15) is 0 Å². The number of H-pyrrole nitrogens is 1. The zero-order chi connectivity index (χ0) is 15.4. The summed E-state index contributed by atoms with van der Waals surface area (Å²) in [6.45, 7) is 2.02. The molecule has 0 amide bonds. The molecule has 0 bridgehead atoms. The van der Waals surface area contributed by atoms with Crippen molar-refractivity contribution in [1.29, 1.82) is 0 Å². The summed E-state index contributed by atoms with van der Waals surface area (Å²) in [6, 6.07) is 17.9. The third kappa shape index (κ3) is 3.05. The molecule has 0 spiro atoms. The summed E-state index contributed by atoms with van der Waals surface area (Å²) in [7, 11) is 0. The Balaban J connectivity index is 1.86. The lowest BCUT2D eigenvalue weighted by atomic mass is 10.1. The molecule has 1 aromatic heterocycles. The fourth-order valence-electron chi connectivity index (χ4n) is 2.42. The van der Waals surface area contributed by atoms with Crippen LogP contribution >= 0.6 is 0 Å². The van der Waals surface area contributed by atoms with Gasteiger partial charge in [-0.2, -0.15) is 0 Å². The largest absolute Gasteiger partial charge is 0.469 e. The number of hydrogen-bond acceptors (Lipinski definition) is 2. The summed E-state index contributed by atoms with van der Waals surface area (Å²) in [5.41, 5.74) is 7.80. The lowest BCUT2D eigenvalue weighted by Gasteiger charge is -2.26. The van der Waals surface area contributed by atoms with Gasteiger partial charge >= 0.3 is 0 Å². The number of aromatic nitrogens is 1. The number of nitrogens with one attached hydrogen (secondary N) is 1. The quantitative estimate of drug-likeness (QED) is 0.688. The van der Waals surface area contributed by atoms with E-state index in [0.29, 0.717) is 6.42 Å². The number of fused-ring (bicyclic) bond motifs is 1. The molecule has 0 saturated carbocycles. The summed E-state index contributed by atoms with van der Waals surface area (Å²) in [5, 5.41) is 1.18. The van der Waals surface area contributed by atoms with Gasteiger partial charge in [-0.05, 0) is 35.9 Å². The number of aromatic amines is 1. The first-order valence-corrected chi connectivity index (χ1v) is 7.48. The predicted molar refractivity (Wildman–Crippen MR) is 91.6 cm³/mol. The third-order valence-corrected chi connectivity index (χ3v) is 3.78. The predicted octanol–water partition coefficient (Wildman–Crippen LogP) is 4.33. The highest BCUT2D eigenvalue weighted by Gasteiger charge is 2.21. The molecular weight excluding hydrogens is 272 g/mol. The van der Waals surface area contributed by atoms with Crippen molar-refractivity contribution in [2.24, 2.45) is 5.73 Å². The van der Waals surface area contributed by atoms with Crippen LogP contribution in [-0.4, -0.2) is 10.7 Å². The van der Waals surface area contributed by atoms with E-state index in [2.05, 4.69) is 23.2 Å². The van der Waals surface area contributed by atoms with Gasteiger partial charge in [0, 0.05) is 23.5 Å². The molecule has 3 N–H and O–H groups in total. The van der Waals surface area contributed by atoms with E-state index in [0.717, 1.165) is 16.8 Å². The van der Waals surface area contributed by atoms with Crippen LogP contribution in [0, 0.1) is 0 Å². The highest BCUT2D eigenvalue weighted by molar-refractivity contribution is 5.88. The average molecular weight is 292 g/mol. The highest BCUT2D eigenvalue weighted by Crippen LogP contribution is 2.22. The van der Waals surface area contributed by atoms with Gasteiger partial charge in [-0.3, -0.25) is 5.73 Å². The first kappa shape index (κ1) is 14.4. The Morgan fingerprint density at radius 1 is 1.09 bits per heavy atom. The van der Waals surface area contributed by atoms with Crippen LogP contribution in [0.2, 0.25) is 0 Å². The standard InChI is InChI=1S/C19H20N2O/c1-2-19(20,22-16-8-4-3-5-9-16)13-11-15-7-6-10-18-17(15)12-14-21-18/h3-14,21H,2,20H2,1H3. The van der Waals surface area contributed by atoms with E-state index in [-0.39, 0.29) is 0 Å². The molecule has 1 atom stereocenters. The molecule has 1 unspecified atom stereocenters. The number of hydrogen-bond donors (Lipinski definition) is 2. The molecule has 0 radical (unpaired) electrons. The molecule has 0 saturated heterocycles. The smallest absolute Gasteiger partial charge is 0.177 e. The minimum atomic E-state index is -0.820. The van der Waals surface area contributed by atoms with Crippen molar-refractivity contribution in [2.45, 2.75) is 19.1 Å². The average Bonchev–Trinajstić information content (AvgIpc) is 3.03.